The van der Waals surface area contributed by atoms with Gasteiger partial charge < -0.3 is 11.1 Å². The van der Waals surface area contributed by atoms with E-state index in [0.29, 0.717) is 0 Å². The molecule has 0 atom stereocenters. The maximum Gasteiger partial charge on any atom is 0.0141 e. The van der Waals surface area contributed by atoms with E-state index in [1.54, 1.807) is 0 Å². The fourth-order valence-electron chi connectivity index (χ4n) is 1.30. The van der Waals surface area contributed by atoms with Crippen molar-refractivity contribution in [1.82, 2.24) is 5.32 Å². The highest BCUT2D eigenvalue weighted by Gasteiger charge is 1.86. The van der Waals surface area contributed by atoms with Crippen LogP contribution in [-0.2, 0) is 0 Å². The Hall–Kier alpha value is -0.500. The van der Waals surface area contributed by atoms with Crippen LogP contribution >= 0.6 is 0 Å². The number of hydrogen-bond acceptors (Lipinski definition) is 2. The Bertz CT molecular complexity index is 121. The van der Waals surface area contributed by atoms with Crippen LogP contribution in [0.4, 0.5) is 0 Å². The van der Waals surface area contributed by atoms with E-state index in [0.717, 1.165) is 13.1 Å². The lowest BCUT2D eigenvalue weighted by Crippen LogP contribution is -2.06. The van der Waals surface area contributed by atoms with Gasteiger partial charge in [-0.3, -0.25) is 0 Å². The summed E-state index contributed by atoms with van der Waals surface area (Å²) in [7, 11) is 0. The Labute approximate surface area is 89.0 Å². The second-order valence-corrected chi connectivity index (χ2v) is 3.70. The van der Waals surface area contributed by atoms with Crippen molar-refractivity contribution >= 4 is 0 Å². The Morgan fingerprint density at radius 2 is 1.86 bits per heavy atom. The molecule has 0 aliphatic carbocycles. The first kappa shape index (κ1) is 13.5. The third-order valence-electron chi connectivity index (χ3n) is 2.24. The first-order valence-corrected chi connectivity index (χ1v) is 6.00. The molecule has 0 fully saturated rings. The predicted octanol–water partition coefficient (Wildman–Crippen LogP) is 2.80. The minimum Gasteiger partial charge on any atom is -0.391 e. The van der Waals surface area contributed by atoms with Gasteiger partial charge in [0.15, 0.2) is 0 Å². The average molecular weight is 198 g/mol. The van der Waals surface area contributed by atoms with Crippen molar-refractivity contribution < 1.29 is 0 Å². The summed E-state index contributed by atoms with van der Waals surface area (Å²) in [6.07, 6.45) is 13.1. The number of allylic oxidation sites excluding steroid dienone is 1. The standard InChI is InChI=1S/C12H26N2/c1-2-3-4-8-11-14-12-9-6-5-7-10-13/h8,11,14H,2-7,9-10,12-13H2,1H3. The van der Waals surface area contributed by atoms with E-state index in [9.17, 15) is 0 Å². The topological polar surface area (TPSA) is 38.0 Å². The molecule has 0 amide bonds. The number of nitrogens with one attached hydrogen (secondary N) is 1. The van der Waals surface area contributed by atoms with E-state index in [-0.39, 0.29) is 0 Å². The number of rotatable bonds is 10. The molecule has 0 saturated heterocycles. The van der Waals surface area contributed by atoms with Crippen LogP contribution in [0.1, 0.15) is 51.9 Å². The number of hydrogen-bond donors (Lipinski definition) is 2. The summed E-state index contributed by atoms with van der Waals surface area (Å²) in [5, 5.41) is 3.31. The summed E-state index contributed by atoms with van der Waals surface area (Å²) in [6, 6.07) is 0. The van der Waals surface area contributed by atoms with Gasteiger partial charge in [-0.05, 0) is 32.0 Å². The van der Waals surface area contributed by atoms with Gasteiger partial charge in [-0.2, -0.15) is 0 Å². The molecular weight excluding hydrogens is 172 g/mol. The zero-order valence-electron chi connectivity index (χ0n) is 9.60. The van der Waals surface area contributed by atoms with Gasteiger partial charge in [0.2, 0.25) is 0 Å². The van der Waals surface area contributed by atoms with Gasteiger partial charge in [0, 0.05) is 6.54 Å². The lowest BCUT2D eigenvalue weighted by molar-refractivity contribution is 0.629. The van der Waals surface area contributed by atoms with E-state index in [1.807, 2.05) is 0 Å². The SMILES string of the molecule is CCCCC=CNCCCCCCN. The molecule has 0 heterocycles. The quantitative estimate of drug-likeness (QED) is 0.530. The van der Waals surface area contributed by atoms with Crippen LogP contribution in [0.3, 0.4) is 0 Å². The van der Waals surface area contributed by atoms with Crippen molar-refractivity contribution in [2.24, 2.45) is 5.73 Å². The van der Waals surface area contributed by atoms with Crippen LogP contribution in [0.2, 0.25) is 0 Å². The molecule has 0 aromatic heterocycles. The van der Waals surface area contributed by atoms with Gasteiger partial charge in [0.1, 0.15) is 0 Å². The number of unbranched alkanes of at least 4 members (excludes halogenated alkanes) is 5. The molecule has 0 spiro atoms. The maximum absolute atomic E-state index is 5.41. The Morgan fingerprint density at radius 1 is 1.07 bits per heavy atom. The zero-order chi connectivity index (χ0) is 10.5. The zero-order valence-corrected chi connectivity index (χ0v) is 9.60. The van der Waals surface area contributed by atoms with Crippen molar-refractivity contribution in [3.63, 3.8) is 0 Å². The van der Waals surface area contributed by atoms with Gasteiger partial charge in [0.05, 0.1) is 0 Å². The molecular formula is C12H26N2. The Morgan fingerprint density at radius 3 is 2.57 bits per heavy atom. The first-order chi connectivity index (χ1) is 6.91. The van der Waals surface area contributed by atoms with Crippen molar-refractivity contribution in [2.45, 2.75) is 51.9 Å². The normalized spacial score (nSPS) is 11.0. The Kier molecular flexibility index (Phi) is 12.1. The first-order valence-electron chi connectivity index (χ1n) is 6.00. The van der Waals surface area contributed by atoms with Gasteiger partial charge in [-0.15, -0.1) is 0 Å². The van der Waals surface area contributed by atoms with Crippen LogP contribution in [0.15, 0.2) is 12.3 Å². The van der Waals surface area contributed by atoms with Gasteiger partial charge in [0.25, 0.3) is 0 Å². The highest BCUT2D eigenvalue weighted by atomic mass is 14.8. The molecule has 0 rings (SSSR count). The van der Waals surface area contributed by atoms with Crippen molar-refractivity contribution in [3.8, 4) is 0 Å². The van der Waals surface area contributed by atoms with E-state index < -0.39 is 0 Å². The van der Waals surface area contributed by atoms with E-state index in [1.165, 1.54) is 44.9 Å². The minimum atomic E-state index is 0.838. The maximum atomic E-state index is 5.41. The minimum absolute atomic E-state index is 0.838. The van der Waals surface area contributed by atoms with Crippen molar-refractivity contribution in [2.75, 3.05) is 13.1 Å². The Balaban J connectivity index is 2.94. The molecule has 14 heavy (non-hydrogen) atoms. The van der Waals surface area contributed by atoms with E-state index in [4.69, 9.17) is 5.73 Å². The predicted molar refractivity (Wildman–Crippen MR) is 64.2 cm³/mol. The second kappa shape index (κ2) is 12.5. The largest absolute Gasteiger partial charge is 0.391 e. The molecule has 2 heteroatoms. The van der Waals surface area contributed by atoms with Crippen molar-refractivity contribution in [1.29, 1.82) is 0 Å². The summed E-state index contributed by atoms with van der Waals surface area (Å²) in [4.78, 5) is 0. The van der Waals surface area contributed by atoms with E-state index in [2.05, 4.69) is 24.5 Å². The molecule has 0 aromatic carbocycles. The van der Waals surface area contributed by atoms with Gasteiger partial charge >= 0.3 is 0 Å². The van der Waals surface area contributed by atoms with Gasteiger partial charge in [-0.1, -0.05) is 38.7 Å². The molecule has 0 aliphatic rings. The lowest BCUT2D eigenvalue weighted by atomic mass is 10.2. The van der Waals surface area contributed by atoms with Crippen LogP contribution in [0.25, 0.3) is 0 Å². The molecule has 0 radical (unpaired) electrons. The molecule has 0 aromatic rings. The third kappa shape index (κ3) is 11.5. The molecule has 0 aliphatic heterocycles. The van der Waals surface area contributed by atoms with Crippen LogP contribution in [0.5, 0.6) is 0 Å². The molecule has 2 nitrogen and oxygen atoms in total. The second-order valence-electron chi connectivity index (χ2n) is 3.70. The molecule has 0 bridgehead atoms. The van der Waals surface area contributed by atoms with Crippen LogP contribution in [-0.4, -0.2) is 13.1 Å². The monoisotopic (exact) mass is 198 g/mol. The smallest absolute Gasteiger partial charge is 0.0141 e. The summed E-state index contributed by atoms with van der Waals surface area (Å²) in [5.41, 5.74) is 5.41. The third-order valence-corrected chi connectivity index (χ3v) is 2.24. The van der Waals surface area contributed by atoms with Gasteiger partial charge in [-0.25, -0.2) is 0 Å². The van der Waals surface area contributed by atoms with Crippen LogP contribution < -0.4 is 11.1 Å². The number of nitrogens with two attached hydrogens (primary N) is 1. The highest BCUT2D eigenvalue weighted by Crippen LogP contribution is 1.97. The molecule has 0 unspecified atom stereocenters. The summed E-state index contributed by atoms with van der Waals surface area (Å²) >= 11 is 0. The van der Waals surface area contributed by atoms with Crippen LogP contribution in [0, 0.1) is 0 Å². The molecule has 3 N–H and O–H groups in total. The highest BCUT2D eigenvalue weighted by molar-refractivity contribution is 4.78. The van der Waals surface area contributed by atoms with Crippen molar-refractivity contribution in [3.05, 3.63) is 12.3 Å². The molecule has 84 valence electrons. The summed E-state index contributed by atoms with van der Waals surface area (Å²) in [6.45, 7) is 4.16. The summed E-state index contributed by atoms with van der Waals surface area (Å²) in [5.74, 6) is 0. The fraction of sp³-hybridized carbons (Fsp3) is 0.833. The summed E-state index contributed by atoms with van der Waals surface area (Å²) < 4.78 is 0. The van der Waals surface area contributed by atoms with E-state index >= 15 is 0 Å². The lowest BCUT2D eigenvalue weighted by Gasteiger charge is -2.00. The average Bonchev–Trinajstić information content (AvgIpc) is 2.21. The fourth-order valence-corrected chi connectivity index (χ4v) is 1.30. The molecule has 0 saturated carbocycles.